The number of hydrogen-bond donors (Lipinski definition) is 1. The summed E-state index contributed by atoms with van der Waals surface area (Å²) in [5.41, 5.74) is 2.12. The molecule has 128 valence electrons. The second-order valence-electron chi connectivity index (χ2n) is 6.23. The fourth-order valence-electron chi connectivity index (χ4n) is 2.79. The first-order valence-corrected chi connectivity index (χ1v) is 8.36. The molecular weight excluding hydrogens is 316 g/mol. The molecular formula is C20H20N2O3. The summed E-state index contributed by atoms with van der Waals surface area (Å²) in [6, 6.07) is 13.9. The van der Waals surface area contributed by atoms with Gasteiger partial charge in [-0.15, -0.1) is 0 Å². The number of hydrogen-bond acceptors (Lipinski definition) is 3. The minimum atomic E-state index is -0.296. The van der Waals surface area contributed by atoms with Crippen molar-refractivity contribution in [2.24, 2.45) is 0 Å². The molecule has 1 heterocycles. The monoisotopic (exact) mass is 336 g/mol. The molecule has 2 aromatic rings. The van der Waals surface area contributed by atoms with Crippen molar-refractivity contribution in [3.63, 3.8) is 0 Å². The highest BCUT2D eigenvalue weighted by Crippen LogP contribution is 2.24. The van der Waals surface area contributed by atoms with Crippen LogP contribution in [0.5, 0.6) is 0 Å². The second kappa shape index (κ2) is 6.89. The van der Waals surface area contributed by atoms with Gasteiger partial charge in [-0.1, -0.05) is 31.2 Å². The van der Waals surface area contributed by atoms with Gasteiger partial charge in [0.15, 0.2) is 0 Å². The molecule has 3 amide bonds. The number of carbonyl (C=O) groups excluding carboxylic acids is 3. The SMILES string of the molecule is CCC(C)NC(=O)c1cccc(CN2C(=O)c3ccccc3C2=O)c1. The van der Waals surface area contributed by atoms with Crippen molar-refractivity contribution in [2.75, 3.05) is 0 Å². The highest BCUT2D eigenvalue weighted by molar-refractivity contribution is 6.21. The average molecular weight is 336 g/mol. The van der Waals surface area contributed by atoms with E-state index in [0.717, 1.165) is 12.0 Å². The highest BCUT2D eigenvalue weighted by Gasteiger charge is 2.34. The number of benzene rings is 2. The van der Waals surface area contributed by atoms with E-state index in [1.807, 2.05) is 19.9 Å². The molecule has 1 unspecified atom stereocenters. The third-order valence-corrected chi connectivity index (χ3v) is 4.40. The van der Waals surface area contributed by atoms with Crippen molar-refractivity contribution in [1.29, 1.82) is 0 Å². The van der Waals surface area contributed by atoms with E-state index in [2.05, 4.69) is 5.32 Å². The normalized spacial score (nSPS) is 14.4. The average Bonchev–Trinajstić information content (AvgIpc) is 2.87. The topological polar surface area (TPSA) is 66.5 Å². The first-order valence-electron chi connectivity index (χ1n) is 8.36. The molecule has 1 N–H and O–H groups in total. The molecule has 0 radical (unpaired) electrons. The summed E-state index contributed by atoms with van der Waals surface area (Å²) >= 11 is 0. The van der Waals surface area contributed by atoms with Crippen LogP contribution in [0.3, 0.4) is 0 Å². The molecule has 0 bridgehead atoms. The van der Waals surface area contributed by atoms with E-state index in [9.17, 15) is 14.4 Å². The van der Waals surface area contributed by atoms with Crippen LogP contribution in [0.25, 0.3) is 0 Å². The van der Waals surface area contributed by atoms with E-state index in [0.29, 0.717) is 16.7 Å². The van der Waals surface area contributed by atoms with E-state index in [1.54, 1.807) is 42.5 Å². The minimum absolute atomic E-state index is 0.0902. The van der Waals surface area contributed by atoms with Gasteiger partial charge in [-0.2, -0.15) is 0 Å². The van der Waals surface area contributed by atoms with Crippen LogP contribution in [0.2, 0.25) is 0 Å². The van der Waals surface area contributed by atoms with Crippen molar-refractivity contribution < 1.29 is 14.4 Å². The van der Waals surface area contributed by atoms with Crippen LogP contribution < -0.4 is 5.32 Å². The van der Waals surface area contributed by atoms with Gasteiger partial charge in [0.05, 0.1) is 17.7 Å². The minimum Gasteiger partial charge on any atom is -0.350 e. The predicted molar refractivity (Wildman–Crippen MR) is 94.3 cm³/mol. The quantitative estimate of drug-likeness (QED) is 0.854. The van der Waals surface area contributed by atoms with Crippen molar-refractivity contribution in [3.8, 4) is 0 Å². The molecule has 2 aromatic carbocycles. The Bertz CT molecular complexity index is 809. The number of carbonyl (C=O) groups is 3. The van der Waals surface area contributed by atoms with Crippen molar-refractivity contribution >= 4 is 17.7 Å². The van der Waals surface area contributed by atoms with E-state index in [1.165, 1.54) is 4.90 Å². The Morgan fingerprint density at radius 2 is 1.68 bits per heavy atom. The smallest absolute Gasteiger partial charge is 0.261 e. The van der Waals surface area contributed by atoms with Crippen molar-refractivity contribution in [3.05, 3.63) is 70.8 Å². The summed E-state index contributed by atoms with van der Waals surface area (Å²) in [6.45, 7) is 4.10. The Morgan fingerprint density at radius 3 is 2.28 bits per heavy atom. The standard InChI is InChI=1S/C20H20N2O3/c1-3-13(2)21-18(23)15-8-6-7-14(11-15)12-22-19(24)16-9-4-5-10-17(16)20(22)25/h4-11,13H,3,12H2,1-2H3,(H,21,23). The molecule has 5 heteroatoms. The van der Waals surface area contributed by atoms with Crippen LogP contribution in [-0.4, -0.2) is 28.7 Å². The number of nitrogens with zero attached hydrogens (tertiary/aromatic N) is 1. The third kappa shape index (κ3) is 3.31. The number of amides is 3. The molecule has 1 atom stereocenters. The maximum Gasteiger partial charge on any atom is 0.261 e. The molecule has 1 aliphatic rings. The second-order valence-corrected chi connectivity index (χ2v) is 6.23. The summed E-state index contributed by atoms with van der Waals surface area (Å²) in [5.74, 6) is -0.747. The van der Waals surface area contributed by atoms with Gasteiger partial charge in [-0.3, -0.25) is 19.3 Å². The largest absolute Gasteiger partial charge is 0.350 e. The number of imide groups is 1. The van der Waals surface area contributed by atoms with E-state index >= 15 is 0 Å². The molecule has 1 aliphatic heterocycles. The lowest BCUT2D eigenvalue weighted by Crippen LogP contribution is -2.32. The van der Waals surface area contributed by atoms with Crippen LogP contribution in [0.15, 0.2) is 48.5 Å². The number of nitrogens with one attached hydrogen (secondary N) is 1. The summed E-state index contributed by atoms with van der Waals surface area (Å²) < 4.78 is 0. The van der Waals surface area contributed by atoms with Crippen LogP contribution >= 0.6 is 0 Å². The lowest BCUT2D eigenvalue weighted by Gasteiger charge is -2.15. The fraction of sp³-hybridized carbons (Fsp3) is 0.250. The van der Waals surface area contributed by atoms with E-state index in [-0.39, 0.29) is 30.3 Å². The zero-order valence-electron chi connectivity index (χ0n) is 14.3. The van der Waals surface area contributed by atoms with Gasteiger partial charge in [-0.25, -0.2) is 0 Å². The number of rotatable bonds is 5. The van der Waals surface area contributed by atoms with Gasteiger partial charge in [0.25, 0.3) is 17.7 Å². The molecule has 0 fully saturated rings. The molecule has 0 saturated heterocycles. The third-order valence-electron chi connectivity index (χ3n) is 4.40. The summed E-state index contributed by atoms with van der Waals surface area (Å²) in [6.07, 6.45) is 0.848. The molecule has 0 aromatic heterocycles. The Hall–Kier alpha value is -2.95. The van der Waals surface area contributed by atoms with Crippen LogP contribution in [0.4, 0.5) is 0 Å². The predicted octanol–water partition coefficient (Wildman–Crippen LogP) is 3.01. The van der Waals surface area contributed by atoms with Crippen LogP contribution in [-0.2, 0) is 6.54 Å². The molecule has 25 heavy (non-hydrogen) atoms. The van der Waals surface area contributed by atoms with Gasteiger partial charge in [0.1, 0.15) is 0 Å². The van der Waals surface area contributed by atoms with E-state index in [4.69, 9.17) is 0 Å². The first kappa shape index (κ1) is 16.9. The maximum absolute atomic E-state index is 12.4. The first-order chi connectivity index (χ1) is 12.0. The van der Waals surface area contributed by atoms with E-state index < -0.39 is 0 Å². The molecule has 0 spiro atoms. The lowest BCUT2D eigenvalue weighted by atomic mass is 10.1. The van der Waals surface area contributed by atoms with Crippen molar-refractivity contribution in [1.82, 2.24) is 10.2 Å². The molecule has 0 saturated carbocycles. The van der Waals surface area contributed by atoms with Gasteiger partial charge >= 0.3 is 0 Å². The maximum atomic E-state index is 12.4. The van der Waals surface area contributed by atoms with Gasteiger partial charge < -0.3 is 5.32 Å². The van der Waals surface area contributed by atoms with Crippen LogP contribution in [0.1, 0.15) is 56.9 Å². The number of fused-ring (bicyclic) bond motifs is 1. The zero-order chi connectivity index (χ0) is 18.0. The zero-order valence-corrected chi connectivity index (χ0v) is 14.3. The fourth-order valence-corrected chi connectivity index (χ4v) is 2.79. The summed E-state index contributed by atoms with van der Waals surface area (Å²) in [7, 11) is 0. The molecule has 3 rings (SSSR count). The van der Waals surface area contributed by atoms with Gasteiger partial charge in [-0.05, 0) is 43.2 Å². The molecule has 0 aliphatic carbocycles. The lowest BCUT2D eigenvalue weighted by molar-refractivity contribution is 0.0642. The Balaban J connectivity index is 1.79. The Morgan fingerprint density at radius 1 is 1.04 bits per heavy atom. The Kier molecular flexibility index (Phi) is 4.65. The molecule has 5 nitrogen and oxygen atoms in total. The Labute approximate surface area is 146 Å². The van der Waals surface area contributed by atoms with Crippen molar-refractivity contribution in [2.45, 2.75) is 32.9 Å². The van der Waals surface area contributed by atoms with Crippen LogP contribution in [0, 0.1) is 0 Å². The van der Waals surface area contributed by atoms with Gasteiger partial charge in [0, 0.05) is 11.6 Å². The summed E-state index contributed by atoms with van der Waals surface area (Å²) in [4.78, 5) is 38.4. The van der Waals surface area contributed by atoms with Gasteiger partial charge in [0.2, 0.25) is 0 Å². The highest BCUT2D eigenvalue weighted by atomic mass is 16.2. The summed E-state index contributed by atoms with van der Waals surface area (Å²) in [5, 5.41) is 2.91.